The summed E-state index contributed by atoms with van der Waals surface area (Å²) in [5.41, 5.74) is -0.697. The summed E-state index contributed by atoms with van der Waals surface area (Å²) < 4.78 is 19.4. The number of ether oxygens (including phenoxy) is 1. The molecule has 0 unspecified atom stereocenters. The van der Waals surface area contributed by atoms with Crippen molar-refractivity contribution in [1.82, 2.24) is 5.32 Å². The SMILES string of the molecule is CC(C)[C@H](OC(=O)N[C@](C)(Cc1ccccc1F)C(=O)O)c1ccccc1. The number of alkyl carbamates (subject to hydrolysis) is 1. The lowest BCUT2D eigenvalue weighted by atomic mass is 9.92. The topological polar surface area (TPSA) is 75.6 Å². The van der Waals surface area contributed by atoms with Gasteiger partial charge in [0.2, 0.25) is 0 Å². The zero-order valence-electron chi connectivity index (χ0n) is 15.6. The highest BCUT2D eigenvalue weighted by atomic mass is 19.1. The van der Waals surface area contributed by atoms with Crippen LogP contribution in [0.25, 0.3) is 0 Å². The van der Waals surface area contributed by atoms with Crippen LogP contribution in [0, 0.1) is 11.7 Å². The summed E-state index contributed by atoms with van der Waals surface area (Å²) in [4.78, 5) is 24.2. The van der Waals surface area contributed by atoms with Crippen molar-refractivity contribution in [3.05, 3.63) is 71.5 Å². The van der Waals surface area contributed by atoms with Crippen LogP contribution >= 0.6 is 0 Å². The quantitative estimate of drug-likeness (QED) is 0.757. The number of carboxylic acids is 1. The fraction of sp³-hybridized carbons (Fsp3) is 0.333. The molecular weight excluding hydrogens is 349 g/mol. The van der Waals surface area contributed by atoms with Gasteiger partial charge in [0.05, 0.1) is 0 Å². The van der Waals surface area contributed by atoms with Gasteiger partial charge in [-0.3, -0.25) is 0 Å². The van der Waals surface area contributed by atoms with Crippen molar-refractivity contribution in [2.75, 3.05) is 0 Å². The molecule has 0 heterocycles. The molecule has 0 aliphatic rings. The molecule has 0 aliphatic heterocycles. The zero-order chi connectivity index (χ0) is 20.0. The van der Waals surface area contributed by atoms with E-state index in [2.05, 4.69) is 5.32 Å². The molecule has 2 rings (SSSR count). The molecule has 0 fully saturated rings. The number of rotatable bonds is 7. The highest BCUT2D eigenvalue weighted by molar-refractivity contribution is 5.84. The fourth-order valence-electron chi connectivity index (χ4n) is 2.80. The minimum Gasteiger partial charge on any atom is -0.480 e. The van der Waals surface area contributed by atoms with Crippen LogP contribution in [0.5, 0.6) is 0 Å². The Hall–Kier alpha value is -2.89. The lowest BCUT2D eigenvalue weighted by Crippen LogP contribution is -2.54. The van der Waals surface area contributed by atoms with Crippen molar-refractivity contribution in [2.45, 2.75) is 38.8 Å². The van der Waals surface area contributed by atoms with E-state index in [1.54, 1.807) is 6.07 Å². The number of amides is 1. The second-order valence-electron chi connectivity index (χ2n) is 7.01. The molecule has 1 amide bonds. The van der Waals surface area contributed by atoms with Crippen molar-refractivity contribution in [1.29, 1.82) is 0 Å². The van der Waals surface area contributed by atoms with Crippen LogP contribution in [0.4, 0.5) is 9.18 Å². The third-order valence-corrected chi connectivity index (χ3v) is 4.32. The van der Waals surface area contributed by atoms with E-state index in [1.807, 2.05) is 44.2 Å². The second-order valence-corrected chi connectivity index (χ2v) is 7.01. The number of carbonyl (C=O) groups excluding carboxylic acids is 1. The minimum absolute atomic E-state index is 0.0131. The van der Waals surface area contributed by atoms with Crippen molar-refractivity contribution < 1.29 is 23.8 Å². The molecule has 27 heavy (non-hydrogen) atoms. The summed E-state index contributed by atoms with van der Waals surface area (Å²) in [5, 5.41) is 12.0. The van der Waals surface area contributed by atoms with Crippen molar-refractivity contribution in [3.63, 3.8) is 0 Å². The van der Waals surface area contributed by atoms with Crippen LogP contribution in [0.15, 0.2) is 54.6 Å². The van der Waals surface area contributed by atoms with Crippen LogP contribution < -0.4 is 5.32 Å². The Morgan fingerprint density at radius 2 is 1.70 bits per heavy atom. The number of carboxylic acid groups (broad SMARTS) is 1. The summed E-state index contributed by atoms with van der Waals surface area (Å²) in [6.45, 7) is 5.14. The first-order valence-electron chi connectivity index (χ1n) is 8.73. The average Bonchev–Trinajstić information content (AvgIpc) is 2.62. The van der Waals surface area contributed by atoms with Gasteiger partial charge in [-0.05, 0) is 30.0 Å². The summed E-state index contributed by atoms with van der Waals surface area (Å²) in [7, 11) is 0. The van der Waals surface area contributed by atoms with Gasteiger partial charge in [-0.15, -0.1) is 0 Å². The van der Waals surface area contributed by atoms with E-state index >= 15 is 0 Å². The van der Waals surface area contributed by atoms with E-state index in [4.69, 9.17) is 4.74 Å². The Bertz CT molecular complexity index is 794. The summed E-state index contributed by atoms with van der Waals surface area (Å²) in [6, 6.07) is 15.1. The van der Waals surface area contributed by atoms with E-state index < -0.39 is 29.5 Å². The van der Waals surface area contributed by atoms with Gasteiger partial charge in [-0.25, -0.2) is 14.0 Å². The minimum atomic E-state index is -1.71. The number of nitrogens with one attached hydrogen (secondary N) is 1. The molecule has 0 aromatic heterocycles. The van der Waals surface area contributed by atoms with Gasteiger partial charge < -0.3 is 15.2 Å². The number of hydrogen-bond donors (Lipinski definition) is 2. The molecule has 0 saturated heterocycles. The molecule has 0 aliphatic carbocycles. The van der Waals surface area contributed by atoms with Crippen LogP contribution in [0.1, 0.15) is 38.0 Å². The summed E-state index contributed by atoms with van der Waals surface area (Å²) in [6.07, 6.45) is -1.60. The number of halogens is 1. The molecule has 2 atom stereocenters. The van der Waals surface area contributed by atoms with Gasteiger partial charge in [-0.1, -0.05) is 62.4 Å². The van der Waals surface area contributed by atoms with Gasteiger partial charge in [0.1, 0.15) is 17.5 Å². The summed E-state index contributed by atoms with van der Waals surface area (Å²) in [5.74, 6) is -1.81. The van der Waals surface area contributed by atoms with E-state index in [-0.39, 0.29) is 17.9 Å². The molecule has 6 heteroatoms. The second kappa shape index (κ2) is 8.66. The van der Waals surface area contributed by atoms with Crippen LogP contribution in [-0.2, 0) is 16.0 Å². The molecule has 2 N–H and O–H groups in total. The van der Waals surface area contributed by atoms with Gasteiger partial charge in [0.25, 0.3) is 0 Å². The molecule has 144 valence electrons. The monoisotopic (exact) mass is 373 g/mol. The Kier molecular flexibility index (Phi) is 6.55. The van der Waals surface area contributed by atoms with Crippen LogP contribution in [-0.4, -0.2) is 22.7 Å². The third kappa shape index (κ3) is 5.29. The Labute approximate surface area is 158 Å². The van der Waals surface area contributed by atoms with E-state index in [0.717, 1.165) is 5.56 Å². The Morgan fingerprint density at radius 3 is 2.26 bits per heavy atom. The maximum absolute atomic E-state index is 13.9. The third-order valence-electron chi connectivity index (χ3n) is 4.32. The molecule has 5 nitrogen and oxygen atoms in total. The van der Waals surface area contributed by atoms with Gasteiger partial charge >= 0.3 is 12.1 Å². The number of benzene rings is 2. The number of hydrogen-bond acceptors (Lipinski definition) is 3. The first-order chi connectivity index (χ1) is 12.7. The lowest BCUT2D eigenvalue weighted by Gasteiger charge is -2.28. The molecule has 0 saturated carbocycles. The first-order valence-corrected chi connectivity index (χ1v) is 8.73. The van der Waals surface area contributed by atoms with Crippen molar-refractivity contribution in [3.8, 4) is 0 Å². The predicted octanol–water partition coefficient (Wildman–Crippen LogP) is 4.34. The normalized spacial score (nSPS) is 14.3. The Balaban J connectivity index is 2.16. The van der Waals surface area contributed by atoms with Gasteiger partial charge in [0.15, 0.2) is 0 Å². The first kappa shape index (κ1) is 20.4. The molecule has 0 radical (unpaired) electrons. The van der Waals surface area contributed by atoms with E-state index in [9.17, 15) is 19.1 Å². The highest BCUT2D eigenvalue weighted by Crippen LogP contribution is 2.26. The lowest BCUT2D eigenvalue weighted by molar-refractivity contribution is -0.144. The maximum Gasteiger partial charge on any atom is 0.408 e. The number of aliphatic carboxylic acids is 1. The smallest absolute Gasteiger partial charge is 0.408 e. The molecule has 2 aromatic carbocycles. The van der Waals surface area contributed by atoms with Crippen molar-refractivity contribution in [2.24, 2.45) is 5.92 Å². The standard InChI is InChI=1S/C21H24FNO4/c1-14(2)18(15-9-5-4-6-10-15)27-20(26)23-21(3,19(24)25)13-16-11-7-8-12-17(16)22/h4-12,14,18H,13H2,1-3H3,(H,23,26)(H,24,25)/t18-,21+/m0/s1. The van der Waals surface area contributed by atoms with Crippen LogP contribution in [0.2, 0.25) is 0 Å². The van der Waals surface area contributed by atoms with E-state index in [0.29, 0.717) is 0 Å². The van der Waals surface area contributed by atoms with Crippen molar-refractivity contribution >= 4 is 12.1 Å². The summed E-state index contributed by atoms with van der Waals surface area (Å²) >= 11 is 0. The molecule has 2 aromatic rings. The molecule has 0 spiro atoms. The Morgan fingerprint density at radius 1 is 1.11 bits per heavy atom. The fourth-order valence-corrected chi connectivity index (χ4v) is 2.80. The average molecular weight is 373 g/mol. The predicted molar refractivity (Wildman–Crippen MR) is 99.8 cm³/mol. The zero-order valence-corrected chi connectivity index (χ0v) is 15.6. The molecular formula is C21H24FNO4. The largest absolute Gasteiger partial charge is 0.480 e. The van der Waals surface area contributed by atoms with Crippen LogP contribution in [0.3, 0.4) is 0 Å². The molecule has 0 bridgehead atoms. The van der Waals surface area contributed by atoms with Gasteiger partial charge in [-0.2, -0.15) is 0 Å². The maximum atomic E-state index is 13.9. The highest BCUT2D eigenvalue weighted by Gasteiger charge is 2.37. The van der Waals surface area contributed by atoms with Gasteiger partial charge in [0, 0.05) is 6.42 Å². The number of carbonyl (C=O) groups is 2. The van der Waals surface area contributed by atoms with E-state index in [1.165, 1.54) is 25.1 Å².